The molecule has 2 aromatic rings. The van der Waals surface area contributed by atoms with Crippen LogP contribution >= 0.6 is 11.3 Å². The molecule has 1 spiro atoms. The minimum absolute atomic E-state index is 0.618. The van der Waals surface area contributed by atoms with Crippen molar-refractivity contribution in [2.24, 2.45) is 5.41 Å². The van der Waals surface area contributed by atoms with E-state index in [1.165, 1.54) is 62.4 Å². The summed E-state index contributed by atoms with van der Waals surface area (Å²) in [6.45, 7) is 7.19. The number of hydrogen-bond donors (Lipinski definition) is 2. The van der Waals surface area contributed by atoms with Crippen molar-refractivity contribution in [1.29, 1.82) is 0 Å². The molecule has 2 aliphatic heterocycles. The molecule has 2 aromatic heterocycles. The summed E-state index contributed by atoms with van der Waals surface area (Å²) in [6.07, 6.45) is -2.75. The molecule has 212 valence electrons. The van der Waals surface area contributed by atoms with E-state index in [0.29, 0.717) is 5.41 Å². The van der Waals surface area contributed by atoms with Crippen molar-refractivity contribution in [2.75, 3.05) is 26.2 Å². The Morgan fingerprint density at radius 3 is 1.66 bits per heavy atom. The minimum atomic E-state index is -5.08. The predicted molar refractivity (Wildman–Crippen MR) is 127 cm³/mol. The molecule has 0 bridgehead atoms. The van der Waals surface area contributed by atoms with Crippen LogP contribution in [0, 0.1) is 5.41 Å². The first-order chi connectivity index (χ1) is 17.7. The number of aliphatic carboxylic acids is 2. The normalized spacial score (nSPS) is 18.1. The fraction of sp³-hybridized carbons (Fsp3) is 0.542. The molecule has 0 radical (unpaired) electrons. The number of likely N-dealkylation sites (tertiary alicyclic amines) is 2. The van der Waals surface area contributed by atoms with E-state index in [4.69, 9.17) is 19.8 Å². The van der Waals surface area contributed by atoms with Crippen molar-refractivity contribution in [3.8, 4) is 0 Å². The van der Waals surface area contributed by atoms with Crippen LogP contribution in [0.5, 0.6) is 0 Å². The molecule has 2 N–H and O–H groups in total. The van der Waals surface area contributed by atoms with Gasteiger partial charge in [-0.05, 0) is 80.9 Å². The highest BCUT2D eigenvalue weighted by atomic mass is 32.1. The van der Waals surface area contributed by atoms with E-state index in [-0.39, 0.29) is 0 Å². The van der Waals surface area contributed by atoms with Crippen LogP contribution in [0.25, 0.3) is 0 Å². The Kier molecular flexibility index (Phi) is 11.5. The highest BCUT2D eigenvalue weighted by molar-refractivity contribution is 7.09. The van der Waals surface area contributed by atoms with Gasteiger partial charge in [-0.15, -0.1) is 11.3 Å². The first kappa shape index (κ1) is 31.5. The lowest BCUT2D eigenvalue weighted by Gasteiger charge is -2.46. The topological polar surface area (TPSA) is 94.0 Å². The lowest BCUT2D eigenvalue weighted by Crippen LogP contribution is -2.46. The third-order valence-corrected chi connectivity index (χ3v) is 7.25. The molecule has 14 heteroatoms. The van der Waals surface area contributed by atoms with Crippen LogP contribution in [0.3, 0.4) is 0 Å². The van der Waals surface area contributed by atoms with Crippen LogP contribution in [-0.2, 0) is 22.7 Å². The minimum Gasteiger partial charge on any atom is -0.475 e. The smallest absolute Gasteiger partial charge is 0.475 e. The highest BCUT2D eigenvalue weighted by Gasteiger charge is 2.39. The number of pyridine rings is 1. The van der Waals surface area contributed by atoms with E-state index >= 15 is 0 Å². The van der Waals surface area contributed by atoms with Gasteiger partial charge in [0.15, 0.2) is 0 Å². The zero-order valence-electron chi connectivity index (χ0n) is 20.3. The standard InChI is InChI=1S/C20H27N3S.2C2HF3O2/c1-2-10-21-18(4-1)16-22-11-6-20(7-12-22)8-13-23(14-9-20)17-19-5-3-15-24-19;2*3-2(4,5)1(6)7/h1-5,10,15H,6-9,11-14,16-17H2;2*(H,6,7). The van der Waals surface area contributed by atoms with E-state index in [2.05, 4.69) is 44.4 Å². The summed E-state index contributed by atoms with van der Waals surface area (Å²) < 4.78 is 63.5. The van der Waals surface area contributed by atoms with Crippen LogP contribution in [0.2, 0.25) is 0 Å². The Morgan fingerprint density at radius 1 is 0.816 bits per heavy atom. The number of thiophene rings is 1. The summed E-state index contributed by atoms with van der Waals surface area (Å²) in [6, 6.07) is 10.7. The van der Waals surface area contributed by atoms with Gasteiger partial charge in [0.05, 0.1) is 5.69 Å². The first-order valence-corrected chi connectivity index (χ1v) is 12.6. The Labute approximate surface area is 219 Å². The Balaban J connectivity index is 0.000000301. The summed E-state index contributed by atoms with van der Waals surface area (Å²) in [5, 5.41) is 16.4. The molecule has 2 saturated heterocycles. The average molecular weight is 570 g/mol. The lowest BCUT2D eigenvalue weighted by molar-refractivity contribution is -0.193. The summed E-state index contributed by atoms with van der Waals surface area (Å²) >= 11 is 1.89. The monoisotopic (exact) mass is 569 g/mol. The second kappa shape index (κ2) is 13.9. The zero-order chi connectivity index (χ0) is 28.4. The highest BCUT2D eigenvalue weighted by Crippen LogP contribution is 2.41. The fourth-order valence-corrected chi connectivity index (χ4v) is 4.96. The zero-order valence-corrected chi connectivity index (χ0v) is 21.2. The number of alkyl halides is 6. The quantitative estimate of drug-likeness (QED) is 0.484. The predicted octanol–water partition coefficient (Wildman–Crippen LogP) is 5.29. The van der Waals surface area contributed by atoms with Crippen LogP contribution in [0.4, 0.5) is 26.3 Å². The number of halogens is 6. The molecule has 2 aliphatic rings. The van der Waals surface area contributed by atoms with Gasteiger partial charge in [0.25, 0.3) is 0 Å². The molecule has 0 atom stereocenters. The van der Waals surface area contributed by atoms with Crippen molar-refractivity contribution < 1.29 is 46.1 Å². The van der Waals surface area contributed by atoms with Crippen LogP contribution in [-0.4, -0.2) is 75.5 Å². The third kappa shape index (κ3) is 11.0. The van der Waals surface area contributed by atoms with Gasteiger partial charge in [-0.1, -0.05) is 12.1 Å². The molecule has 7 nitrogen and oxygen atoms in total. The maximum atomic E-state index is 10.6. The second-order valence-corrected chi connectivity index (χ2v) is 10.1. The van der Waals surface area contributed by atoms with Gasteiger partial charge in [-0.2, -0.15) is 26.3 Å². The molecule has 4 rings (SSSR count). The molecule has 38 heavy (non-hydrogen) atoms. The van der Waals surface area contributed by atoms with Gasteiger partial charge >= 0.3 is 24.3 Å². The van der Waals surface area contributed by atoms with E-state index in [1.54, 1.807) is 0 Å². The summed E-state index contributed by atoms with van der Waals surface area (Å²) in [5.41, 5.74) is 1.83. The number of hydrogen-bond acceptors (Lipinski definition) is 6. The van der Waals surface area contributed by atoms with Gasteiger partial charge in [0, 0.05) is 24.2 Å². The number of aromatic nitrogens is 1. The van der Waals surface area contributed by atoms with Gasteiger partial charge in [0.1, 0.15) is 0 Å². The van der Waals surface area contributed by atoms with Crippen molar-refractivity contribution in [1.82, 2.24) is 14.8 Å². The van der Waals surface area contributed by atoms with Crippen LogP contribution in [0.1, 0.15) is 36.3 Å². The molecule has 4 heterocycles. The van der Waals surface area contributed by atoms with Crippen molar-refractivity contribution in [3.05, 3.63) is 52.5 Å². The lowest BCUT2D eigenvalue weighted by atomic mass is 9.71. The van der Waals surface area contributed by atoms with Crippen LogP contribution < -0.4 is 0 Å². The van der Waals surface area contributed by atoms with Crippen LogP contribution in [0.15, 0.2) is 41.9 Å². The molecule has 0 unspecified atom stereocenters. The SMILES string of the molecule is O=C(O)C(F)(F)F.O=C(O)C(F)(F)F.c1ccc(CN2CCC3(CC2)CCN(Cc2cccs2)CC3)nc1. The fourth-order valence-electron chi connectivity index (χ4n) is 4.21. The molecular formula is C24H29F6N3O4S. The van der Waals surface area contributed by atoms with Gasteiger partial charge < -0.3 is 10.2 Å². The van der Waals surface area contributed by atoms with E-state index in [0.717, 1.165) is 13.1 Å². The maximum absolute atomic E-state index is 10.6. The molecule has 2 fully saturated rings. The molecule has 0 aliphatic carbocycles. The summed E-state index contributed by atoms with van der Waals surface area (Å²) in [7, 11) is 0. The van der Waals surface area contributed by atoms with E-state index < -0.39 is 24.3 Å². The molecule has 0 amide bonds. The average Bonchev–Trinajstić information content (AvgIpc) is 3.36. The Hall–Kier alpha value is -2.71. The number of carboxylic acids is 2. The Morgan fingerprint density at radius 2 is 1.29 bits per heavy atom. The van der Waals surface area contributed by atoms with Gasteiger partial charge in [-0.3, -0.25) is 14.8 Å². The molecule has 0 saturated carbocycles. The number of piperidine rings is 2. The molecular weight excluding hydrogens is 540 g/mol. The molecule has 0 aromatic carbocycles. The number of rotatable bonds is 4. The summed E-state index contributed by atoms with van der Waals surface area (Å²) in [4.78, 5) is 29.0. The van der Waals surface area contributed by atoms with Crippen molar-refractivity contribution in [2.45, 2.75) is 51.1 Å². The third-order valence-electron chi connectivity index (χ3n) is 6.39. The summed E-state index contributed by atoms with van der Waals surface area (Å²) in [5.74, 6) is -5.51. The van der Waals surface area contributed by atoms with E-state index in [1.807, 2.05) is 23.6 Å². The number of nitrogens with zero attached hydrogens (tertiary/aromatic N) is 3. The number of carbonyl (C=O) groups is 2. The second-order valence-electron chi connectivity index (χ2n) is 9.06. The largest absolute Gasteiger partial charge is 0.490 e. The van der Waals surface area contributed by atoms with E-state index in [9.17, 15) is 26.3 Å². The Bertz CT molecular complexity index is 961. The number of carboxylic acid groups (broad SMARTS) is 2. The van der Waals surface area contributed by atoms with Gasteiger partial charge in [0.2, 0.25) is 0 Å². The maximum Gasteiger partial charge on any atom is 0.490 e. The first-order valence-electron chi connectivity index (χ1n) is 11.7. The van der Waals surface area contributed by atoms with Gasteiger partial charge in [-0.25, -0.2) is 9.59 Å². The van der Waals surface area contributed by atoms with Crippen molar-refractivity contribution in [3.63, 3.8) is 0 Å². The van der Waals surface area contributed by atoms with Crippen molar-refractivity contribution >= 4 is 23.3 Å².